The standard InChI is InChI=1S/C17H16F3N3O2S/c1-12-6-2-5-9-15(12)26(24,25)21-10-11-23-14-8-4-3-7-13(14)22-16(23)17(18,19)20/h2-9,21H,10-11H2,1H3. The first kappa shape index (κ1) is 18.4. The van der Waals surface area contributed by atoms with Gasteiger partial charge in [-0.05, 0) is 30.7 Å². The Hall–Kier alpha value is -2.39. The number of aryl methyl sites for hydroxylation is 1. The third-order valence-corrected chi connectivity index (χ3v) is 5.54. The molecule has 3 aromatic rings. The Bertz CT molecular complexity index is 1040. The Kier molecular flexibility index (Phi) is 4.76. The molecular weight excluding hydrogens is 367 g/mol. The molecule has 0 aliphatic rings. The van der Waals surface area contributed by atoms with Gasteiger partial charge in [0.25, 0.3) is 0 Å². The summed E-state index contributed by atoms with van der Waals surface area (Å²) >= 11 is 0. The van der Waals surface area contributed by atoms with Crippen molar-refractivity contribution in [1.29, 1.82) is 0 Å². The molecule has 3 rings (SSSR count). The van der Waals surface area contributed by atoms with Crippen molar-refractivity contribution in [3.05, 3.63) is 59.9 Å². The summed E-state index contributed by atoms with van der Waals surface area (Å²) in [6.45, 7) is 1.26. The average Bonchev–Trinajstić information content (AvgIpc) is 2.94. The van der Waals surface area contributed by atoms with Gasteiger partial charge in [0.2, 0.25) is 15.8 Å². The fraction of sp³-hybridized carbons (Fsp3) is 0.235. The van der Waals surface area contributed by atoms with E-state index in [-0.39, 0.29) is 23.5 Å². The van der Waals surface area contributed by atoms with Crippen LogP contribution in [0, 0.1) is 6.92 Å². The number of halogens is 3. The SMILES string of the molecule is Cc1ccccc1S(=O)(=O)NCCn1c(C(F)(F)F)nc2ccccc21. The van der Waals surface area contributed by atoms with Gasteiger partial charge >= 0.3 is 6.18 Å². The van der Waals surface area contributed by atoms with E-state index in [0.717, 1.165) is 4.57 Å². The van der Waals surface area contributed by atoms with E-state index >= 15 is 0 Å². The zero-order valence-corrected chi connectivity index (χ0v) is 14.6. The Balaban J connectivity index is 1.85. The van der Waals surface area contributed by atoms with E-state index in [1.165, 1.54) is 18.2 Å². The van der Waals surface area contributed by atoms with Gasteiger partial charge in [0, 0.05) is 13.1 Å². The number of fused-ring (bicyclic) bond motifs is 1. The lowest BCUT2D eigenvalue weighted by Crippen LogP contribution is -2.29. The lowest BCUT2D eigenvalue weighted by atomic mass is 10.2. The van der Waals surface area contributed by atoms with E-state index in [1.54, 1.807) is 37.3 Å². The topological polar surface area (TPSA) is 64.0 Å². The summed E-state index contributed by atoms with van der Waals surface area (Å²) in [4.78, 5) is 3.74. The molecule has 0 aliphatic heterocycles. The van der Waals surface area contributed by atoms with Crippen molar-refractivity contribution in [2.45, 2.75) is 24.5 Å². The summed E-state index contributed by atoms with van der Waals surface area (Å²) in [5.41, 5.74) is 1.07. The van der Waals surface area contributed by atoms with Crippen LogP contribution in [0.5, 0.6) is 0 Å². The number of hydrogen-bond donors (Lipinski definition) is 1. The zero-order chi connectivity index (χ0) is 18.9. The fourth-order valence-electron chi connectivity index (χ4n) is 2.75. The van der Waals surface area contributed by atoms with Crippen LogP contribution in [0.4, 0.5) is 13.2 Å². The third-order valence-electron chi connectivity index (χ3n) is 3.92. The van der Waals surface area contributed by atoms with Crippen LogP contribution in [0.15, 0.2) is 53.4 Å². The predicted octanol–water partition coefficient (Wildman–Crippen LogP) is 3.34. The smallest absolute Gasteiger partial charge is 0.319 e. The second-order valence-corrected chi connectivity index (χ2v) is 7.47. The van der Waals surface area contributed by atoms with Gasteiger partial charge in [-0.25, -0.2) is 18.1 Å². The van der Waals surface area contributed by atoms with E-state index in [1.807, 2.05) is 0 Å². The quantitative estimate of drug-likeness (QED) is 0.735. The number of alkyl halides is 3. The number of nitrogens with zero attached hydrogens (tertiary/aromatic N) is 2. The first-order chi connectivity index (χ1) is 12.2. The molecule has 1 aromatic heterocycles. The maximum Gasteiger partial charge on any atom is 0.449 e. The van der Waals surface area contributed by atoms with Crippen LogP contribution in [0.3, 0.4) is 0 Å². The minimum atomic E-state index is -4.63. The van der Waals surface area contributed by atoms with Crippen LogP contribution in [-0.4, -0.2) is 24.5 Å². The summed E-state index contributed by atoms with van der Waals surface area (Å²) in [6, 6.07) is 12.6. The fourth-order valence-corrected chi connectivity index (χ4v) is 4.01. The molecule has 0 radical (unpaired) electrons. The molecule has 1 N–H and O–H groups in total. The van der Waals surface area contributed by atoms with Gasteiger partial charge in [-0.1, -0.05) is 30.3 Å². The number of hydrogen-bond acceptors (Lipinski definition) is 3. The van der Waals surface area contributed by atoms with E-state index in [0.29, 0.717) is 11.1 Å². The maximum absolute atomic E-state index is 13.2. The minimum absolute atomic E-state index is 0.103. The number of para-hydroxylation sites is 2. The summed E-state index contributed by atoms with van der Waals surface area (Å²) < 4.78 is 67.8. The van der Waals surface area contributed by atoms with Crippen LogP contribution in [0.2, 0.25) is 0 Å². The number of imidazole rings is 1. The van der Waals surface area contributed by atoms with Crippen molar-refractivity contribution in [2.75, 3.05) is 6.54 Å². The summed E-state index contributed by atoms with van der Waals surface area (Å²) in [6.07, 6.45) is -4.63. The Morgan fingerprint density at radius 3 is 2.42 bits per heavy atom. The highest BCUT2D eigenvalue weighted by Crippen LogP contribution is 2.31. The third kappa shape index (κ3) is 3.58. The Morgan fingerprint density at radius 1 is 1.08 bits per heavy atom. The molecule has 138 valence electrons. The molecule has 0 amide bonds. The van der Waals surface area contributed by atoms with Crippen molar-refractivity contribution >= 4 is 21.1 Å². The molecule has 2 aromatic carbocycles. The van der Waals surface area contributed by atoms with Gasteiger partial charge in [0.15, 0.2) is 0 Å². The summed E-state index contributed by atoms with van der Waals surface area (Å²) in [5.74, 6) is -1.05. The van der Waals surface area contributed by atoms with Crippen molar-refractivity contribution in [3.63, 3.8) is 0 Å². The number of benzene rings is 2. The zero-order valence-electron chi connectivity index (χ0n) is 13.8. The van der Waals surface area contributed by atoms with E-state index < -0.39 is 22.0 Å². The molecular formula is C17H16F3N3O2S. The molecule has 26 heavy (non-hydrogen) atoms. The van der Waals surface area contributed by atoms with Crippen molar-refractivity contribution in [1.82, 2.24) is 14.3 Å². The lowest BCUT2D eigenvalue weighted by Gasteiger charge is -2.13. The summed E-state index contributed by atoms with van der Waals surface area (Å²) in [7, 11) is -3.81. The molecule has 5 nitrogen and oxygen atoms in total. The van der Waals surface area contributed by atoms with Gasteiger partial charge in [-0.2, -0.15) is 13.2 Å². The normalized spacial score (nSPS) is 12.6. The monoisotopic (exact) mass is 383 g/mol. The maximum atomic E-state index is 13.2. The van der Waals surface area contributed by atoms with Gasteiger partial charge < -0.3 is 4.57 Å². The van der Waals surface area contributed by atoms with Crippen molar-refractivity contribution in [2.24, 2.45) is 0 Å². The molecule has 1 heterocycles. The van der Waals surface area contributed by atoms with Crippen LogP contribution < -0.4 is 4.72 Å². The Morgan fingerprint density at radius 2 is 1.73 bits per heavy atom. The highest BCUT2D eigenvalue weighted by molar-refractivity contribution is 7.89. The largest absolute Gasteiger partial charge is 0.449 e. The number of aromatic nitrogens is 2. The molecule has 0 fully saturated rings. The number of rotatable bonds is 5. The molecule has 0 spiro atoms. The second kappa shape index (κ2) is 6.73. The van der Waals surface area contributed by atoms with Crippen LogP contribution in [0.1, 0.15) is 11.4 Å². The van der Waals surface area contributed by atoms with Gasteiger partial charge in [0.05, 0.1) is 15.9 Å². The minimum Gasteiger partial charge on any atom is -0.319 e. The summed E-state index contributed by atoms with van der Waals surface area (Å²) in [5, 5.41) is 0. The van der Waals surface area contributed by atoms with Gasteiger partial charge in [-0.15, -0.1) is 0 Å². The van der Waals surface area contributed by atoms with E-state index in [9.17, 15) is 21.6 Å². The molecule has 0 saturated heterocycles. The van der Waals surface area contributed by atoms with E-state index in [4.69, 9.17) is 0 Å². The molecule has 9 heteroatoms. The Labute approximate surface area is 148 Å². The van der Waals surface area contributed by atoms with Crippen LogP contribution in [-0.2, 0) is 22.7 Å². The molecule has 0 bridgehead atoms. The van der Waals surface area contributed by atoms with Gasteiger partial charge in [-0.3, -0.25) is 0 Å². The van der Waals surface area contributed by atoms with Crippen molar-refractivity contribution in [3.8, 4) is 0 Å². The lowest BCUT2D eigenvalue weighted by molar-refractivity contribution is -0.146. The molecule has 0 atom stereocenters. The predicted molar refractivity (Wildman–Crippen MR) is 91.1 cm³/mol. The highest BCUT2D eigenvalue weighted by Gasteiger charge is 2.37. The average molecular weight is 383 g/mol. The van der Waals surface area contributed by atoms with Crippen LogP contribution >= 0.6 is 0 Å². The van der Waals surface area contributed by atoms with E-state index in [2.05, 4.69) is 9.71 Å². The first-order valence-electron chi connectivity index (χ1n) is 7.78. The first-order valence-corrected chi connectivity index (χ1v) is 9.26. The van der Waals surface area contributed by atoms with Gasteiger partial charge in [0.1, 0.15) is 0 Å². The number of nitrogens with one attached hydrogen (secondary N) is 1. The molecule has 0 saturated carbocycles. The highest BCUT2D eigenvalue weighted by atomic mass is 32.2. The molecule has 0 aliphatic carbocycles. The second-order valence-electron chi connectivity index (χ2n) is 5.74. The van der Waals surface area contributed by atoms with Crippen LogP contribution in [0.25, 0.3) is 11.0 Å². The molecule has 0 unspecified atom stereocenters. The van der Waals surface area contributed by atoms with Crippen molar-refractivity contribution < 1.29 is 21.6 Å². The number of sulfonamides is 1.